The molecule has 0 aromatic carbocycles. The lowest BCUT2D eigenvalue weighted by molar-refractivity contribution is 0.0855. The van der Waals surface area contributed by atoms with Crippen LogP contribution in [0.4, 0.5) is 0 Å². The van der Waals surface area contributed by atoms with E-state index in [1.54, 1.807) is 12.4 Å². The number of alkyl halides is 1. The minimum Gasteiger partial charge on any atom is -0.390 e. The van der Waals surface area contributed by atoms with Crippen LogP contribution in [0.1, 0.15) is 18.9 Å². The molecule has 0 saturated carbocycles. The van der Waals surface area contributed by atoms with Crippen LogP contribution < -0.4 is 0 Å². The van der Waals surface area contributed by atoms with Crippen LogP contribution in [0.3, 0.4) is 0 Å². The van der Waals surface area contributed by atoms with Crippen molar-refractivity contribution in [1.82, 2.24) is 9.97 Å². The molecule has 0 bridgehead atoms. The second-order valence-electron chi connectivity index (χ2n) is 3.19. The van der Waals surface area contributed by atoms with Gasteiger partial charge in [-0.3, -0.25) is 0 Å². The van der Waals surface area contributed by atoms with Crippen molar-refractivity contribution < 1.29 is 4.84 Å². The van der Waals surface area contributed by atoms with Crippen molar-refractivity contribution in [2.45, 2.75) is 24.8 Å². The van der Waals surface area contributed by atoms with Crippen molar-refractivity contribution in [1.29, 1.82) is 0 Å². The fourth-order valence-corrected chi connectivity index (χ4v) is 1.40. The second-order valence-corrected chi connectivity index (χ2v) is 3.88. The van der Waals surface area contributed by atoms with Gasteiger partial charge in [0.1, 0.15) is 12.4 Å². The van der Waals surface area contributed by atoms with Gasteiger partial charge in [-0.05, 0) is 6.92 Å². The van der Waals surface area contributed by atoms with Crippen LogP contribution in [0.2, 0.25) is 0 Å². The SMILES string of the molecule is CC(Cl)C1CC(c2cncnc2)=NO1. The standard InChI is InChI=1S/C9H10ClN3O/c1-6(10)9-2-8(13-14-9)7-3-11-5-12-4-7/h3-6,9H,2H2,1H3. The molecule has 1 aromatic heterocycles. The number of hydrogen-bond acceptors (Lipinski definition) is 4. The highest BCUT2D eigenvalue weighted by Gasteiger charge is 2.26. The summed E-state index contributed by atoms with van der Waals surface area (Å²) < 4.78 is 0. The Bertz CT molecular complexity index is 339. The van der Waals surface area contributed by atoms with Gasteiger partial charge in [0.25, 0.3) is 0 Å². The highest BCUT2D eigenvalue weighted by Crippen LogP contribution is 2.20. The topological polar surface area (TPSA) is 47.4 Å². The molecule has 0 amide bonds. The molecule has 1 aliphatic rings. The van der Waals surface area contributed by atoms with E-state index in [4.69, 9.17) is 16.4 Å². The number of hydrogen-bond donors (Lipinski definition) is 0. The normalized spacial score (nSPS) is 22.7. The van der Waals surface area contributed by atoms with Crippen molar-refractivity contribution in [3.8, 4) is 0 Å². The molecule has 0 radical (unpaired) electrons. The summed E-state index contributed by atoms with van der Waals surface area (Å²) in [5, 5.41) is 3.92. The minimum absolute atomic E-state index is 0.0353. The van der Waals surface area contributed by atoms with E-state index in [2.05, 4.69) is 15.1 Å². The van der Waals surface area contributed by atoms with Gasteiger partial charge in [-0.1, -0.05) is 5.16 Å². The van der Waals surface area contributed by atoms with E-state index in [-0.39, 0.29) is 11.5 Å². The predicted molar refractivity (Wildman–Crippen MR) is 53.4 cm³/mol. The predicted octanol–water partition coefficient (Wildman–Crippen LogP) is 1.60. The van der Waals surface area contributed by atoms with Gasteiger partial charge >= 0.3 is 0 Å². The monoisotopic (exact) mass is 211 g/mol. The fraction of sp³-hybridized carbons (Fsp3) is 0.444. The molecule has 0 aliphatic carbocycles. The molecule has 2 rings (SSSR count). The summed E-state index contributed by atoms with van der Waals surface area (Å²) >= 11 is 5.91. The molecule has 14 heavy (non-hydrogen) atoms. The van der Waals surface area contributed by atoms with E-state index in [9.17, 15) is 0 Å². The number of oxime groups is 1. The summed E-state index contributed by atoms with van der Waals surface area (Å²) in [7, 11) is 0. The van der Waals surface area contributed by atoms with Crippen LogP contribution in [-0.4, -0.2) is 27.2 Å². The van der Waals surface area contributed by atoms with Gasteiger partial charge in [-0.25, -0.2) is 9.97 Å². The van der Waals surface area contributed by atoms with Gasteiger partial charge in [0.05, 0.1) is 11.1 Å². The molecule has 0 N–H and O–H groups in total. The van der Waals surface area contributed by atoms with Crippen LogP contribution in [0.15, 0.2) is 23.9 Å². The van der Waals surface area contributed by atoms with Crippen molar-refractivity contribution in [2.24, 2.45) is 5.16 Å². The lowest BCUT2D eigenvalue weighted by atomic mass is 10.1. The highest BCUT2D eigenvalue weighted by atomic mass is 35.5. The Morgan fingerprint density at radius 1 is 1.50 bits per heavy atom. The molecule has 1 aliphatic heterocycles. The van der Waals surface area contributed by atoms with E-state index < -0.39 is 0 Å². The molecule has 2 unspecified atom stereocenters. The summed E-state index contributed by atoms with van der Waals surface area (Å²) in [6.45, 7) is 1.90. The van der Waals surface area contributed by atoms with E-state index in [0.29, 0.717) is 0 Å². The first kappa shape index (κ1) is 9.40. The van der Waals surface area contributed by atoms with E-state index >= 15 is 0 Å². The van der Waals surface area contributed by atoms with Crippen LogP contribution >= 0.6 is 11.6 Å². The maximum absolute atomic E-state index is 5.91. The summed E-state index contributed by atoms with van der Waals surface area (Å²) in [6.07, 6.45) is 5.61. The van der Waals surface area contributed by atoms with Gasteiger partial charge in [-0.15, -0.1) is 11.6 Å². The Morgan fingerprint density at radius 2 is 2.21 bits per heavy atom. The zero-order valence-corrected chi connectivity index (χ0v) is 8.48. The molecular formula is C9H10ClN3O. The average Bonchev–Trinajstić information content (AvgIpc) is 2.68. The lowest BCUT2D eigenvalue weighted by Crippen LogP contribution is -2.18. The van der Waals surface area contributed by atoms with Crippen molar-refractivity contribution in [2.75, 3.05) is 0 Å². The maximum Gasteiger partial charge on any atom is 0.149 e. The Labute approximate surface area is 87.0 Å². The summed E-state index contributed by atoms with van der Waals surface area (Å²) in [4.78, 5) is 13.0. The van der Waals surface area contributed by atoms with E-state index in [1.807, 2.05) is 6.92 Å². The van der Waals surface area contributed by atoms with Gasteiger partial charge in [0, 0.05) is 24.4 Å². The van der Waals surface area contributed by atoms with E-state index in [0.717, 1.165) is 17.7 Å². The second kappa shape index (κ2) is 3.92. The molecular weight excluding hydrogens is 202 g/mol. The first-order chi connectivity index (χ1) is 6.77. The first-order valence-electron chi connectivity index (χ1n) is 4.39. The highest BCUT2D eigenvalue weighted by molar-refractivity contribution is 6.21. The lowest BCUT2D eigenvalue weighted by Gasteiger charge is -2.08. The Morgan fingerprint density at radius 3 is 2.79 bits per heavy atom. The van der Waals surface area contributed by atoms with Crippen molar-refractivity contribution in [3.05, 3.63) is 24.3 Å². The number of rotatable bonds is 2. The number of halogens is 1. The average molecular weight is 212 g/mol. The molecule has 74 valence electrons. The summed E-state index contributed by atoms with van der Waals surface area (Å²) in [5.41, 5.74) is 1.76. The third-order valence-electron chi connectivity index (χ3n) is 2.10. The largest absolute Gasteiger partial charge is 0.390 e. The molecule has 0 saturated heterocycles. The smallest absolute Gasteiger partial charge is 0.149 e. The molecule has 4 nitrogen and oxygen atoms in total. The van der Waals surface area contributed by atoms with Gasteiger partial charge in [0.15, 0.2) is 0 Å². The fourth-order valence-electron chi connectivity index (χ4n) is 1.26. The quantitative estimate of drug-likeness (QED) is 0.698. The number of aromatic nitrogens is 2. The van der Waals surface area contributed by atoms with Crippen LogP contribution in [0.5, 0.6) is 0 Å². The van der Waals surface area contributed by atoms with Crippen molar-refractivity contribution in [3.63, 3.8) is 0 Å². The van der Waals surface area contributed by atoms with Crippen LogP contribution in [-0.2, 0) is 4.84 Å². The molecule has 0 spiro atoms. The Hall–Kier alpha value is -1.16. The molecule has 2 heterocycles. The summed E-state index contributed by atoms with van der Waals surface area (Å²) in [5.74, 6) is 0. The van der Waals surface area contributed by atoms with Gasteiger partial charge in [-0.2, -0.15) is 0 Å². The zero-order valence-electron chi connectivity index (χ0n) is 7.72. The molecule has 2 atom stereocenters. The Kier molecular flexibility index (Phi) is 2.63. The van der Waals surface area contributed by atoms with Crippen LogP contribution in [0, 0.1) is 0 Å². The van der Waals surface area contributed by atoms with Crippen molar-refractivity contribution >= 4 is 17.3 Å². The maximum atomic E-state index is 5.91. The van der Waals surface area contributed by atoms with Gasteiger partial charge < -0.3 is 4.84 Å². The summed E-state index contributed by atoms with van der Waals surface area (Å²) in [6, 6.07) is 0. The Balaban J connectivity index is 2.09. The third-order valence-corrected chi connectivity index (χ3v) is 2.38. The first-order valence-corrected chi connectivity index (χ1v) is 4.83. The zero-order chi connectivity index (χ0) is 9.97. The number of nitrogens with zero attached hydrogens (tertiary/aromatic N) is 3. The molecule has 0 fully saturated rings. The minimum atomic E-state index is -0.0409. The molecule has 1 aromatic rings. The third kappa shape index (κ3) is 1.85. The van der Waals surface area contributed by atoms with Gasteiger partial charge in [0.2, 0.25) is 0 Å². The molecule has 5 heteroatoms. The van der Waals surface area contributed by atoms with E-state index in [1.165, 1.54) is 6.33 Å². The van der Waals surface area contributed by atoms with Crippen LogP contribution in [0.25, 0.3) is 0 Å².